The molecule has 1 heterocycles. The Hall–Kier alpha value is -0.580. The number of nitrogens with one attached hydrogen (secondary N) is 1. The maximum Gasteiger partial charge on any atom is 0.227 e. The van der Waals surface area contributed by atoms with Gasteiger partial charge in [-0.1, -0.05) is 33.6 Å². The van der Waals surface area contributed by atoms with Gasteiger partial charge in [-0.05, 0) is 43.6 Å². The van der Waals surface area contributed by atoms with Crippen LogP contribution >= 0.6 is 27.5 Å². The normalized spacial score (nSPS) is 18.9. The fraction of sp³-hybridized carbons (Fsp3) is 0.500. The van der Waals surface area contributed by atoms with Gasteiger partial charge in [0.15, 0.2) is 0 Å². The Kier molecular flexibility index (Phi) is 5.25. The first-order chi connectivity index (χ1) is 9.10. The van der Waals surface area contributed by atoms with Crippen LogP contribution in [0.4, 0.5) is 0 Å². The van der Waals surface area contributed by atoms with Crippen LogP contribution in [-0.4, -0.2) is 37.5 Å². The molecule has 1 aliphatic rings. The highest BCUT2D eigenvalue weighted by molar-refractivity contribution is 9.10. The Morgan fingerprint density at radius 1 is 1.58 bits per heavy atom. The first-order valence-corrected chi connectivity index (χ1v) is 7.63. The molecule has 0 unspecified atom stereocenters. The topological polar surface area (TPSA) is 32.3 Å². The van der Waals surface area contributed by atoms with Crippen LogP contribution in [0, 0.1) is 5.92 Å². The maximum atomic E-state index is 12.3. The van der Waals surface area contributed by atoms with Crippen molar-refractivity contribution in [1.29, 1.82) is 0 Å². The summed E-state index contributed by atoms with van der Waals surface area (Å²) in [5, 5.41) is 3.85. The molecule has 104 valence electrons. The van der Waals surface area contributed by atoms with Gasteiger partial charge in [-0.2, -0.15) is 0 Å². The van der Waals surface area contributed by atoms with Crippen LogP contribution in [0.3, 0.4) is 0 Å². The van der Waals surface area contributed by atoms with E-state index in [0.29, 0.717) is 17.4 Å². The van der Waals surface area contributed by atoms with Crippen molar-refractivity contribution in [2.24, 2.45) is 5.92 Å². The van der Waals surface area contributed by atoms with Crippen LogP contribution in [0.15, 0.2) is 22.7 Å². The number of carbonyl (C=O) groups is 1. The van der Waals surface area contributed by atoms with Crippen molar-refractivity contribution in [3.05, 3.63) is 33.3 Å². The number of benzene rings is 1. The molecule has 1 N–H and O–H groups in total. The lowest BCUT2D eigenvalue weighted by molar-refractivity contribution is -0.129. The smallest absolute Gasteiger partial charge is 0.227 e. The molecule has 0 spiro atoms. The molecule has 2 rings (SSSR count). The number of carbonyl (C=O) groups excluding carboxylic acids is 1. The SMILES string of the molecule is CNC[C@H]1CCN(C(=O)Cc2ccc(Cl)cc2Br)C1. The first-order valence-electron chi connectivity index (χ1n) is 6.46. The second-order valence-corrected chi connectivity index (χ2v) is 6.26. The number of nitrogens with zero attached hydrogens (tertiary/aromatic N) is 1. The minimum Gasteiger partial charge on any atom is -0.342 e. The monoisotopic (exact) mass is 344 g/mol. The predicted molar refractivity (Wildman–Crippen MR) is 81.5 cm³/mol. The molecule has 0 aromatic heterocycles. The largest absolute Gasteiger partial charge is 0.342 e. The lowest BCUT2D eigenvalue weighted by Gasteiger charge is -2.17. The third kappa shape index (κ3) is 3.94. The second-order valence-electron chi connectivity index (χ2n) is 4.96. The van der Waals surface area contributed by atoms with Crippen molar-refractivity contribution in [1.82, 2.24) is 10.2 Å². The maximum absolute atomic E-state index is 12.3. The van der Waals surface area contributed by atoms with Crippen LogP contribution < -0.4 is 5.32 Å². The summed E-state index contributed by atoms with van der Waals surface area (Å²) in [5.41, 5.74) is 0.992. The lowest BCUT2D eigenvalue weighted by atomic mass is 10.1. The second kappa shape index (κ2) is 6.73. The van der Waals surface area contributed by atoms with Gasteiger partial charge in [0, 0.05) is 22.6 Å². The molecule has 1 saturated heterocycles. The molecule has 0 saturated carbocycles. The quantitative estimate of drug-likeness (QED) is 0.910. The van der Waals surface area contributed by atoms with Gasteiger partial charge in [-0.25, -0.2) is 0 Å². The summed E-state index contributed by atoms with van der Waals surface area (Å²) in [7, 11) is 1.95. The van der Waals surface area contributed by atoms with Crippen molar-refractivity contribution >= 4 is 33.4 Å². The van der Waals surface area contributed by atoms with Gasteiger partial charge < -0.3 is 10.2 Å². The molecule has 1 amide bonds. The van der Waals surface area contributed by atoms with E-state index in [9.17, 15) is 4.79 Å². The number of hydrogen-bond acceptors (Lipinski definition) is 2. The Morgan fingerprint density at radius 2 is 2.37 bits per heavy atom. The zero-order valence-electron chi connectivity index (χ0n) is 11.0. The minimum atomic E-state index is 0.196. The van der Waals surface area contributed by atoms with Crippen LogP contribution in [-0.2, 0) is 11.2 Å². The molecule has 0 bridgehead atoms. The van der Waals surface area contributed by atoms with Crippen molar-refractivity contribution in [2.75, 3.05) is 26.7 Å². The Labute approximate surface area is 127 Å². The highest BCUT2D eigenvalue weighted by Crippen LogP contribution is 2.23. The summed E-state index contributed by atoms with van der Waals surface area (Å²) in [5.74, 6) is 0.782. The number of likely N-dealkylation sites (tertiary alicyclic amines) is 1. The molecule has 0 aliphatic carbocycles. The number of rotatable bonds is 4. The summed E-state index contributed by atoms with van der Waals surface area (Å²) >= 11 is 9.36. The number of halogens is 2. The number of hydrogen-bond donors (Lipinski definition) is 1. The molecule has 1 aromatic rings. The number of amides is 1. The van der Waals surface area contributed by atoms with Gasteiger partial charge in [-0.15, -0.1) is 0 Å². The molecule has 5 heteroatoms. The summed E-state index contributed by atoms with van der Waals surface area (Å²) in [6, 6.07) is 5.56. The van der Waals surface area contributed by atoms with Gasteiger partial charge in [0.05, 0.1) is 6.42 Å². The lowest BCUT2D eigenvalue weighted by Crippen LogP contribution is -2.31. The molecular formula is C14H18BrClN2O. The average molecular weight is 346 g/mol. The van der Waals surface area contributed by atoms with E-state index >= 15 is 0 Å². The fourth-order valence-electron chi connectivity index (χ4n) is 2.45. The van der Waals surface area contributed by atoms with Gasteiger partial charge in [0.25, 0.3) is 0 Å². The standard InChI is InChI=1S/C14H18BrClN2O/c1-17-8-10-4-5-18(9-10)14(19)6-11-2-3-12(16)7-13(11)15/h2-3,7,10,17H,4-6,8-9H2,1H3/t10-/m1/s1. The van der Waals surface area contributed by atoms with E-state index < -0.39 is 0 Å². The van der Waals surface area contributed by atoms with E-state index in [1.54, 1.807) is 0 Å². The molecule has 0 radical (unpaired) electrons. The van der Waals surface area contributed by atoms with Gasteiger partial charge in [0.1, 0.15) is 0 Å². The van der Waals surface area contributed by atoms with E-state index in [4.69, 9.17) is 11.6 Å². The first kappa shape index (κ1) is 14.8. The Bertz CT molecular complexity index is 467. The van der Waals surface area contributed by atoms with Crippen LogP contribution in [0.1, 0.15) is 12.0 Å². The highest BCUT2D eigenvalue weighted by Gasteiger charge is 2.25. The third-order valence-electron chi connectivity index (χ3n) is 3.49. The Morgan fingerprint density at radius 3 is 3.05 bits per heavy atom. The van der Waals surface area contributed by atoms with E-state index in [-0.39, 0.29) is 5.91 Å². The summed E-state index contributed by atoms with van der Waals surface area (Å²) in [6.45, 7) is 2.72. The minimum absolute atomic E-state index is 0.196. The van der Waals surface area contributed by atoms with Gasteiger partial charge in [-0.3, -0.25) is 4.79 Å². The van der Waals surface area contributed by atoms with Gasteiger partial charge >= 0.3 is 0 Å². The van der Waals surface area contributed by atoms with E-state index in [2.05, 4.69) is 21.2 Å². The van der Waals surface area contributed by atoms with Crippen LogP contribution in [0.25, 0.3) is 0 Å². The molecule has 1 aliphatic heterocycles. The molecular weight excluding hydrogens is 328 g/mol. The summed E-state index contributed by atoms with van der Waals surface area (Å²) in [4.78, 5) is 14.2. The summed E-state index contributed by atoms with van der Waals surface area (Å²) in [6.07, 6.45) is 1.53. The third-order valence-corrected chi connectivity index (χ3v) is 4.46. The van der Waals surface area contributed by atoms with Crippen molar-refractivity contribution in [3.63, 3.8) is 0 Å². The Balaban J connectivity index is 1.94. The molecule has 3 nitrogen and oxygen atoms in total. The van der Waals surface area contributed by atoms with Crippen molar-refractivity contribution < 1.29 is 4.79 Å². The van der Waals surface area contributed by atoms with Crippen molar-refractivity contribution in [3.8, 4) is 0 Å². The molecule has 1 fully saturated rings. The van der Waals surface area contributed by atoms with E-state index in [1.165, 1.54) is 0 Å². The molecule has 19 heavy (non-hydrogen) atoms. The zero-order chi connectivity index (χ0) is 13.8. The highest BCUT2D eigenvalue weighted by atomic mass is 79.9. The average Bonchev–Trinajstić information content (AvgIpc) is 2.82. The predicted octanol–water partition coefficient (Wildman–Crippen LogP) is 2.71. The van der Waals surface area contributed by atoms with Crippen LogP contribution in [0.2, 0.25) is 5.02 Å². The molecule has 1 aromatic carbocycles. The van der Waals surface area contributed by atoms with Crippen LogP contribution in [0.5, 0.6) is 0 Å². The van der Waals surface area contributed by atoms with Crippen molar-refractivity contribution in [2.45, 2.75) is 12.8 Å². The fourth-order valence-corrected chi connectivity index (χ4v) is 3.28. The van der Waals surface area contributed by atoms with Gasteiger partial charge in [0.2, 0.25) is 5.91 Å². The zero-order valence-corrected chi connectivity index (χ0v) is 13.3. The molecule has 1 atom stereocenters. The van der Waals surface area contributed by atoms with E-state index in [0.717, 1.165) is 36.1 Å². The van der Waals surface area contributed by atoms with E-state index in [1.807, 2.05) is 30.1 Å². The summed E-state index contributed by atoms with van der Waals surface area (Å²) < 4.78 is 0.902.